The van der Waals surface area contributed by atoms with E-state index in [9.17, 15) is 4.79 Å². The molecule has 0 radical (unpaired) electrons. The van der Waals surface area contributed by atoms with E-state index >= 15 is 0 Å². The number of hydrogen-bond acceptors (Lipinski definition) is 6. The molecule has 1 aromatic carbocycles. The predicted octanol–water partition coefficient (Wildman–Crippen LogP) is 4.20. The number of carboxylic acids is 2. The maximum Gasteiger partial charge on any atom is 0.414 e. The Hall–Kier alpha value is -3.52. The summed E-state index contributed by atoms with van der Waals surface area (Å²) in [7, 11) is 0. The van der Waals surface area contributed by atoms with E-state index in [1.165, 1.54) is 37.1 Å². The average Bonchev–Trinajstić information content (AvgIpc) is 3.37. The van der Waals surface area contributed by atoms with Gasteiger partial charge in [0.25, 0.3) is 0 Å². The Morgan fingerprint density at radius 1 is 1.03 bits per heavy atom. The first kappa shape index (κ1) is 28.7. The average molecular weight is 497 g/mol. The van der Waals surface area contributed by atoms with Crippen LogP contribution in [0.4, 0.5) is 0 Å². The minimum absolute atomic E-state index is 0.153. The van der Waals surface area contributed by atoms with Crippen molar-refractivity contribution in [3.63, 3.8) is 0 Å². The van der Waals surface area contributed by atoms with Gasteiger partial charge in [-0.1, -0.05) is 55.8 Å². The number of aromatic nitrogens is 1. The van der Waals surface area contributed by atoms with Crippen molar-refractivity contribution in [2.24, 2.45) is 5.92 Å². The number of aliphatic carboxylic acids is 2. The lowest BCUT2D eigenvalue weighted by Crippen LogP contribution is -2.19. The number of carbonyl (C=O) groups excluding carboxylic acids is 1. The molecule has 3 rings (SSSR count). The minimum atomic E-state index is -1.82. The molecule has 2 N–H and O–H groups in total. The van der Waals surface area contributed by atoms with E-state index in [1.807, 2.05) is 26.0 Å². The zero-order valence-corrected chi connectivity index (χ0v) is 21.3. The van der Waals surface area contributed by atoms with Crippen LogP contribution < -0.4 is 0 Å². The number of nitrogens with zero attached hydrogens (tertiary/aromatic N) is 2. The number of pyridine rings is 1. The molecule has 0 amide bonds. The van der Waals surface area contributed by atoms with E-state index in [1.54, 1.807) is 0 Å². The van der Waals surface area contributed by atoms with Gasteiger partial charge in [0.1, 0.15) is 0 Å². The molecular formula is C28H36N2O6. The number of esters is 1. The van der Waals surface area contributed by atoms with Crippen molar-refractivity contribution in [1.82, 2.24) is 9.88 Å². The molecule has 36 heavy (non-hydrogen) atoms. The van der Waals surface area contributed by atoms with Crippen LogP contribution in [0.15, 0.2) is 48.5 Å². The number of hydrogen-bond donors (Lipinski definition) is 2. The molecule has 0 bridgehead atoms. The maximum absolute atomic E-state index is 12.0. The molecule has 2 heterocycles. The number of likely N-dealkylation sites (tertiary alicyclic amines) is 1. The van der Waals surface area contributed by atoms with Gasteiger partial charge in [-0.05, 0) is 56.5 Å². The molecule has 1 aliphatic rings. The Labute approximate surface area is 212 Å². The van der Waals surface area contributed by atoms with Gasteiger partial charge in [-0.2, -0.15) is 0 Å². The summed E-state index contributed by atoms with van der Waals surface area (Å²) >= 11 is 0. The highest BCUT2D eigenvalue weighted by Gasteiger charge is 2.13. The normalized spacial score (nSPS) is 13.7. The van der Waals surface area contributed by atoms with Crippen LogP contribution in [0.5, 0.6) is 0 Å². The van der Waals surface area contributed by atoms with Crippen molar-refractivity contribution in [3.8, 4) is 0 Å². The number of benzene rings is 1. The monoisotopic (exact) mass is 496 g/mol. The Bertz CT molecular complexity index is 1030. The quantitative estimate of drug-likeness (QED) is 0.392. The van der Waals surface area contributed by atoms with Gasteiger partial charge < -0.3 is 14.9 Å². The van der Waals surface area contributed by atoms with Gasteiger partial charge in [0.15, 0.2) is 0 Å². The summed E-state index contributed by atoms with van der Waals surface area (Å²) < 4.78 is 5.30. The zero-order chi connectivity index (χ0) is 26.5. The standard InChI is InChI=1S/C26H34N2O2.C2H2O4/c1-20(2)19-30-26(29)14-13-23-7-6-8-25(27-23)24(15-18-28-16-4-5-17-28)22-11-9-21(3)10-12-22;3-1(4)2(5)6/h6-12,15,20H,4-5,13-14,16-19H2,1-3H3;(H,3,4)(H,5,6)/b24-15+;. The van der Waals surface area contributed by atoms with Crippen molar-refractivity contribution in [2.75, 3.05) is 26.2 Å². The summed E-state index contributed by atoms with van der Waals surface area (Å²) in [5.41, 5.74) is 5.48. The second-order valence-electron chi connectivity index (χ2n) is 9.19. The van der Waals surface area contributed by atoms with Gasteiger partial charge in [0.2, 0.25) is 0 Å². The lowest BCUT2D eigenvalue weighted by Gasteiger charge is -2.15. The SMILES string of the molecule is Cc1ccc(/C(=C\CN2CCCC2)c2cccc(CCC(=O)OCC(C)C)n2)cc1.O=C(O)C(=O)O. The highest BCUT2D eigenvalue weighted by atomic mass is 16.5. The van der Waals surface area contributed by atoms with Gasteiger partial charge in [-0.25, -0.2) is 9.59 Å². The molecule has 0 atom stereocenters. The molecule has 1 saturated heterocycles. The second-order valence-corrected chi connectivity index (χ2v) is 9.19. The van der Waals surface area contributed by atoms with E-state index in [0.29, 0.717) is 25.4 Å². The fourth-order valence-corrected chi connectivity index (χ4v) is 3.62. The topological polar surface area (TPSA) is 117 Å². The predicted molar refractivity (Wildman–Crippen MR) is 138 cm³/mol. The van der Waals surface area contributed by atoms with Gasteiger partial charge in [-0.3, -0.25) is 14.7 Å². The summed E-state index contributed by atoms with van der Waals surface area (Å²) in [6, 6.07) is 14.7. The molecule has 0 saturated carbocycles. The fraction of sp³-hybridized carbons (Fsp3) is 0.429. The first-order valence-electron chi connectivity index (χ1n) is 12.2. The maximum atomic E-state index is 12.0. The Morgan fingerprint density at radius 3 is 2.25 bits per heavy atom. The molecule has 1 fully saturated rings. The van der Waals surface area contributed by atoms with Crippen LogP contribution >= 0.6 is 0 Å². The highest BCUT2D eigenvalue weighted by Crippen LogP contribution is 2.23. The Morgan fingerprint density at radius 2 is 1.67 bits per heavy atom. The molecule has 8 heteroatoms. The van der Waals surface area contributed by atoms with Crippen LogP contribution in [0.3, 0.4) is 0 Å². The number of rotatable bonds is 9. The van der Waals surface area contributed by atoms with E-state index in [4.69, 9.17) is 29.5 Å². The molecule has 0 unspecified atom stereocenters. The van der Waals surface area contributed by atoms with E-state index in [-0.39, 0.29) is 5.97 Å². The van der Waals surface area contributed by atoms with Crippen molar-refractivity contribution in [1.29, 1.82) is 0 Å². The molecule has 1 aromatic heterocycles. The first-order chi connectivity index (χ1) is 17.2. The molecule has 0 spiro atoms. The van der Waals surface area contributed by atoms with Crippen molar-refractivity contribution < 1.29 is 29.3 Å². The lowest BCUT2D eigenvalue weighted by atomic mass is 10.00. The van der Waals surface area contributed by atoms with Gasteiger partial charge >= 0.3 is 17.9 Å². The molecule has 194 valence electrons. The van der Waals surface area contributed by atoms with Crippen molar-refractivity contribution in [2.45, 2.75) is 46.5 Å². The summed E-state index contributed by atoms with van der Waals surface area (Å²) in [6.45, 7) is 9.94. The van der Waals surface area contributed by atoms with E-state index in [0.717, 1.165) is 23.5 Å². The zero-order valence-electron chi connectivity index (χ0n) is 21.3. The van der Waals surface area contributed by atoms with Crippen LogP contribution in [0, 0.1) is 12.8 Å². The number of carbonyl (C=O) groups is 3. The summed E-state index contributed by atoms with van der Waals surface area (Å²) in [4.78, 5) is 37.6. The van der Waals surface area contributed by atoms with Crippen molar-refractivity contribution in [3.05, 3.63) is 71.1 Å². The number of carboxylic acid groups (broad SMARTS) is 2. The Kier molecular flexibility index (Phi) is 11.8. The highest BCUT2D eigenvalue weighted by molar-refractivity contribution is 6.27. The van der Waals surface area contributed by atoms with Crippen LogP contribution in [0.25, 0.3) is 5.57 Å². The minimum Gasteiger partial charge on any atom is -0.473 e. The first-order valence-corrected chi connectivity index (χ1v) is 12.2. The van der Waals surface area contributed by atoms with Crippen LogP contribution in [0.2, 0.25) is 0 Å². The third-order valence-electron chi connectivity index (χ3n) is 5.54. The van der Waals surface area contributed by atoms with Gasteiger partial charge in [-0.15, -0.1) is 0 Å². The lowest BCUT2D eigenvalue weighted by molar-refractivity contribution is -0.159. The largest absolute Gasteiger partial charge is 0.473 e. The third kappa shape index (κ3) is 10.4. The summed E-state index contributed by atoms with van der Waals surface area (Å²) in [5, 5.41) is 14.8. The number of aryl methyl sites for hydroxylation is 2. The summed E-state index contributed by atoms with van der Waals surface area (Å²) in [6.07, 6.45) is 5.83. The third-order valence-corrected chi connectivity index (χ3v) is 5.54. The molecule has 2 aromatic rings. The van der Waals surface area contributed by atoms with Crippen LogP contribution in [-0.4, -0.2) is 64.2 Å². The Balaban J connectivity index is 0.000000678. The van der Waals surface area contributed by atoms with Crippen molar-refractivity contribution >= 4 is 23.5 Å². The van der Waals surface area contributed by atoms with Gasteiger partial charge in [0.05, 0.1) is 18.7 Å². The molecule has 8 nitrogen and oxygen atoms in total. The van der Waals surface area contributed by atoms with E-state index < -0.39 is 11.9 Å². The van der Waals surface area contributed by atoms with Gasteiger partial charge in [0, 0.05) is 24.2 Å². The smallest absolute Gasteiger partial charge is 0.414 e. The fourth-order valence-electron chi connectivity index (χ4n) is 3.62. The number of ether oxygens (including phenoxy) is 1. The second kappa shape index (κ2) is 14.8. The van der Waals surface area contributed by atoms with Crippen LogP contribution in [-0.2, 0) is 25.5 Å². The van der Waals surface area contributed by atoms with E-state index in [2.05, 4.69) is 48.2 Å². The molecule has 1 aliphatic heterocycles. The summed E-state index contributed by atoms with van der Waals surface area (Å²) in [5.74, 6) is -3.45. The molecular weight excluding hydrogens is 460 g/mol. The molecule has 0 aliphatic carbocycles. The van der Waals surface area contributed by atoms with Crippen LogP contribution in [0.1, 0.15) is 55.6 Å².